The number of nitrogens with zero attached hydrogens (tertiary/aromatic N) is 2. The van der Waals surface area contributed by atoms with Crippen molar-refractivity contribution in [2.45, 2.75) is 64.8 Å². The molecule has 2 aromatic rings. The number of para-hydroxylation sites is 1. The number of hydrogen-bond acceptors (Lipinski definition) is 8. The number of nitrogens with one attached hydrogen (secondary N) is 1. The molecule has 0 spiro atoms. The monoisotopic (exact) mass is 463 g/mol. The van der Waals surface area contributed by atoms with Crippen molar-refractivity contribution in [2.75, 3.05) is 6.61 Å². The molecule has 1 aliphatic rings. The normalized spacial score (nSPS) is 21.8. The summed E-state index contributed by atoms with van der Waals surface area (Å²) in [4.78, 5) is 38.0. The lowest BCUT2D eigenvalue weighted by atomic mass is 9.86. The Bertz CT molecular complexity index is 1100. The van der Waals surface area contributed by atoms with Crippen LogP contribution in [-0.2, 0) is 16.1 Å². The van der Waals surface area contributed by atoms with Gasteiger partial charge in [-0.15, -0.1) is 0 Å². The number of aromatic nitrogens is 2. The van der Waals surface area contributed by atoms with Gasteiger partial charge in [-0.3, -0.25) is 24.5 Å². The van der Waals surface area contributed by atoms with Gasteiger partial charge in [0.15, 0.2) is 0 Å². The Kier molecular flexibility index (Phi) is 7.48. The Morgan fingerprint density at radius 1 is 1.33 bits per heavy atom. The standard InChI is InChI=1S/C22H29N3O8/c1-22(2,3)9-17(14-6-4-5-7-15(14)25(30)31)32-12-13-10-24(21(29)23-20(13)28)19-8-16(27)18(11-26)33-19/h4-7,10,16-19,26-27H,8-9,11-12H2,1-3H3,(H,23,28,29)/t16-,17?,18+,19+/m0/s1. The first-order valence-electron chi connectivity index (χ1n) is 10.6. The molecular weight excluding hydrogens is 434 g/mol. The zero-order valence-electron chi connectivity index (χ0n) is 18.8. The summed E-state index contributed by atoms with van der Waals surface area (Å²) in [7, 11) is 0. The Hall–Kier alpha value is -2.86. The molecule has 0 saturated carbocycles. The molecule has 2 heterocycles. The maximum atomic E-state index is 12.4. The minimum atomic E-state index is -0.951. The molecule has 4 atom stereocenters. The third-order valence-corrected chi connectivity index (χ3v) is 5.45. The van der Waals surface area contributed by atoms with E-state index >= 15 is 0 Å². The summed E-state index contributed by atoms with van der Waals surface area (Å²) >= 11 is 0. The van der Waals surface area contributed by atoms with Crippen LogP contribution in [0, 0.1) is 15.5 Å². The van der Waals surface area contributed by atoms with Gasteiger partial charge >= 0.3 is 5.69 Å². The van der Waals surface area contributed by atoms with Crippen LogP contribution < -0.4 is 11.2 Å². The smallest absolute Gasteiger partial charge is 0.330 e. The van der Waals surface area contributed by atoms with Crippen LogP contribution in [-0.4, -0.2) is 43.5 Å². The Labute approximate surface area is 189 Å². The van der Waals surface area contributed by atoms with Crippen molar-refractivity contribution >= 4 is 5.69 Å². The fraction of sp³-hybridized carbons (Fsp3) is 0.545. The van der Waals surface area contributed by atoms with Crippen molar-refractivity contribution in [1.82, 2.24) is 9.55 Å². The number of aliphatic hydroxyl groups excluding tert-OH is 2. The molecule has 33 heavy (non-hydrogen) atoms. The molecule has 1 fully saturated rings. The molecule has 180 valence electrons. The van der Waals surface area contributed by atoms with E-state index in [2.05, 4.69) is 4.98 Å². The summed E-state index contributed by atoms with van der Waals surface area (Å²) in [6.45, 7) is 5.32. The lowest BCUT2D eigenvalue weighted by Gasteiger charge is -2.26. The van der Waals surface area contributed by atoms with E-state index < -0.39 is 47.3 Å². The molecule has 11 nitrogen and oxygen atoms in total. The minimum Gasteiger partial charge on any atom is -0.394 e. The number of aliphatic hydroxyl groups is 2. The van der Waals surface area contributed by atoms with Crippen LogP contribution in [0.2, 0.25) is 0 Å². The summed E-state index contributed by atoms with van der Waals surface area (Å²) < 4.78 is 12.7. The van der Waals surface area contributed by atoms with Crippen LogP contribution in [0.5, 0.6) is 0 Å². The Morgan fingerprint density at radius 3 is 2.64 bits per heavy atom. The van der Waals surface area contributed by atoms with Crippen LogP contribution in [0.15, 0.2) is 40.1 Å². The van der Waals surface area contributed by atoms with Crippen molar-refractivity contribution in [1.29, 1.82) is 0 Å². The quantitative estimate of drug-likeness (QED) is 0.395. The second kappa shape index (κ2) is 9.96. The number of ether oxygens (including phenoxy) is 2. The van der Waals surface area contributed by atoms with E-state index in [9.17, 15) is 29.9 Å². The zero-order valence-corrected chi connectivity index (χ0v) is 18.8. The van der Waals surface area contributed by atoms with Crippen LogP contribution in [0.3, 0.4) is 0 Å². The number of benzene rings is 1. The van der Waals surface area contributed by atoms with E-state index in [0.717, 1.165) is 4.57 Å². The number of H-pyrrole nitrogens is 1. The van der Waals surface area contributed by atoms with Crippen molar-refractivity contribution in [3.8, 4) is 0 Å². The molecule has 0 aliphatic carbocycles. The van der Waals surface area contributed by atoms with Gasteiger partial charge in [-0.2, -0.15) is 0 Å². The molecule has 1 aromatic heterocycles. The van der Waals surface area contributed by atoms with Gasteiger partial charge in [-0.1, -0.05) is 32.9 Å². The van der Waals surface area contributed by atoms with Gasteiger partial charge in [0, 0.05) is 18.7 Å². The number of nitro benzene ring substituents is 1. The van der Waals surface area contributed by atoms with Crippen molar-refractivity contribution in [3.05, 3.63) is 72.5 Å². The largest absolute Gasteiger partial charge is 0.394 e. The maximum absolute atomic E-state index is 12.4. The second-order valence-electron chi connectivity index (χ2n) is 9.32. The minimum absolute atomic E-state index is 0.0698. The molecule has 1 unspecified atom stereocenters. The van der Waals surface area contributed by atoms with Crippen LogP contribution in [0.4, 0.5) is 5.69 Å². The molecule has 0 bridgehead atoms. The van der Waals surface area contributed by atoms with Gasteiger partial charge in [0.1, 0.15) is 12.3 Å². The highest BCUT2D eigenvalue weighted by Gasteiger charge is 2.35. The molecule has 1 saturated heterocycles. The van der Waals surface area contributed by atoms with Crippen molar-refractivity contribution in [2.24, 2.45) is 5.41 Å². The highest BCUT2D eigenvalue weighted by Crippen LogP contribution is 2.36. The highest BCUT2D eigenvalue weighted by molar-refractivity contribution is 5.41. The van der Waals surface area contributed by atoms with E-state index in [-0.39, 0.29) is 29.7 Å². The molecule has 0 amide bonds. The second-order valence-corrected chi connectivity index (χ2v) is 9.32. The third kappa shape index (κ3) is 5.93. The van der Waals surface area contributed by atoms with Gasteiger partial charge < -0.3 is 19.7 Å². The zero-order chi connectivity index (χ0) is 24.3. The van der Waals surface area contributed by atoms with E-state index in [4.69, 9.17) is 9.47 Å². The number of nitro groups is 1. The molecule has 3 N–H and O–H groups in total. The topological polar surface area (TPSA) is 157 Å². The first kappa shape index (κ1) is 24.8. The van der Waals surface area contributed by atoms with Crippen molar-refractivity contribution in [3.63, 3.8) is 0 Å². The average Bonchev–Trinajstić information content (AvgIpc) is 3.11. The predicted molar refractivity (Wildman–Crippen MR) is 118 cm³/mol. The summed E-state index contributed by atoms with van der Waals surface area (Å²) in [5.74, 6) is 0. The molecule has 0 radical (unpaired) electrons. The molecule has 1 aliphatic heterocycles. The first-order valence-corrected chi connectivity index (χ1v) is 10.6. The van der Waals surface area contributed by atoms with E-state index in [1.807, 2.05) is 20.8 Å². The average molecular weight is 463 g/mol. The van der Waals surface area contributed by atoms with Gasteiger partial charge in [0.2, 0.25) is 0 Å². The fourth-order valence-corrected chi connectivity index (χ4v) is 3.83. The summed E-state index contributed by atoms with van der Waals surface area (Å²) in [6, 6.07) is 6.30. The summed E-state index contributed by atoms with van der Waals surface area (Å²) in [5.41, 5.74) is -1.15. The Balaban J connectivity index is 1.89. The number of rotatable bonds is 8. The van der Waals surface area contributed by atoms with Crippen LogP contribution in [0.25, 0.3) is 0 Å². The van der Waals surface area contributed by atoms with Gasteiger partial charge in [-0.25, -0.2) is 4.79 Å². The predicted octanol–water partition coefficient (Wildman–Crippen LogP) is 1.78. The summed E-state index contributed by atoms with van der Waals surface area (Å²) in [5, 5.41) is 30.8. The number of aromatic amines is 1. The maximum Gasteiger partial charge on any atom is 0.330 e. The molecule has 11 heteroatoms. The SMILES string of the molecule is CC(C)(C)CC(OCc1cn([C@H]2C[C@H](O)[C@@H](CO)O2)c(=O)[nH]c1=O)c1ccccc1[N+](=O)[O-]. The van der Waals surface area contributed by atoms with Gasteiger partial charge in [-0.05, 0) is 17.9 Å². The molecule has 1 aromatic carbocycles. The lowest BCUT2D eigenvalue weighted by Crippen LogP contribution is -2.34. The number of hydrogen-bond donors (Lipinski definition) is 3. The summed E-state index contributed by atoms with van der Waals surface area (Å²) in [6.07, 6.45) is -1.50. The lowest BCUT2D eigenvalue weighted by molar-refractivity contribution is -0.386. The van der Waals surface area contributed by atoms with Gasteiger partial charge in [0.25, 0.3) is 11.2 Å². The molecule has 3 rings (SSSR count). The highest BCUT2D eigenvalue weighted by atomic mass is 16.6. The van der Waals surface area contributed by atoms with Gasteiger partial charge in [0.05, 0.1) is 41.5 Å². The van der Waals surface area contributed by atoms with E-state index in [0.29, 0.717) is 12.0 Å². The Morgan fingerprint density at radius 2 is 2.03 bits per heavy atom. The fourth-order valence-electron chi connectivity index (χ4n) is 3.83. The van der Waals surface area contributed by atoms with Crippen molar-refractivity contribution < 1.29 is 24.6 Å². The first-order chi connectivity index (χ1) is 15.5. The van der Waals surface area contributed by atoms with Crippen LogP contribution >= 0.6 is 0 Å². The molecular formula is C22H29N3O8. The van der Waals surface area contributed by atoms with Crippen LogP contribution in [0.1, 0.15) is 57.1 Å². The van der Waals surface area contributed by atoms with E-state index in [1.165, 1.54) is 12.3 Å². The van der Waals surface area contributed by atoms with E-state index in [1.54, 1.807) is 18.2 Å². The third-order valence-electron chi connectivity index (χ3n) is 5.45.